The molecule has 0 fully saturated rings. The molecule has 0 aliphatic rings. The van der Waals surface area contributed by atoms with E-state index in [-0.39, 0.29) is 10.8 Å². The number of nitrogens with one attached hydrogen (secondary N) is 2. The SMILES string of the molecule is CCCNS(=O)(=O)c1cccc(C(=O)NCCCOC)c1. The molecule has 0 aliphatic carbocycles. The van der Waals surface area contributed by atoms with Crippen LogP contribution >= 0.6 is 0 Å². The molecule has 0 heterocycles. The van der Waals surface area contributed by atoms with Crippen molar-refractivity contribution in [3.05, 3.63) is 29.8 Å². The summed E-state index contributed by atoms with van der Waals surface area (Å²) < 4.78 is 31.4. The molecular formula is C14H22N2O4S. The van der Waals surface area contributed by atoms with E-state index in [1.165, 1.54) is 12.1 Å². The van der Waals surface area contributed by atoms with Gasteiger partial charge in [-0.3, -0.25) is 4.79 Å². The summed E-state index contributed by atoms with van der Waals surface area (Å²) >= 11 is 0. The normalized spacial score (nSPS) is 11.3. The minimum absolute atomic E-state index is 0.0977. The zero-order valence-corrected chi connectivity index (χ0v) is 13.2. The van der Waals surface area contributed by atoms with Crippen LogP contribution < -0.4 is 10.0 Å². The van der Waals surface area contributed by atoms with Crippen LogP contribution in [0.15, 0.2) is 29.2 Å². The van der Waals surface area contributed by atoms with Crippen molar-refractivity contribution >= 4 is 15.9 Å². The maximum atomic E-state index is 12.0. The van der Waals surface area contributed by atoms with Gasteiger partial charge in [-0.1, -0.05) is 13.0 Å². The summed E-state index contributed by atoms with van der Waals surface area (Å²) in [6.45, 7) is 3.30. The van der Waals surface area contributed by atoms with Gasteiger partial charge in [-0.05, 0) is 31.0 Å². The molecular weight excluding hydrogens is 292 g/mol. The molecule has 0 radical (unpaired) electrons. The van der Waals surface area contributed by atoms with Crippen LogP contribution in [0.25, 0.3) is 0 Å². The zero-order valence-electron chi connectivity index (χ0n) is 12.4. The molecule has 0 spiro atoms. The number of carbonyl (C=O) groups is 1. The summed E-state index contributed by atoms with van der Waals surface area (Å²) in [6.07, 6.45) is 1.41. The first-order valence-electron chi connectivity index (χ1n) is 6.88. The Hall–Kier alpha value is -1.44. The third kappa shape index (κ3) is 5.82. The molecule has 0 unspecified atom stereocenters. The van der Waals surface area contributed by atoms with E-state index in [9.17, 15) is 13.2 Å². The average Bonchev–Trinajstić information content (AvgIpc) is 2.49. The molecule has 1 aromatic carbocycles. The minimum atomic E-state index is -3.56. The number of ether oxygens (including phenoxy) is 1. The number of sulfonamides is 1. The van der Waals surface area contributed by atoms with E-state index in [2.05, 4.69) is 10.0 Å². The van der Waals surface area contributed by atoms with E-state index < -0.39 is 10.0 Å². The van der Waals surface area contributed by atoms with Gasteiger partial charge < -0.3 is 10.1 Å². The lowest BCUT2D eigenvalue weighted by molar-refractivity contribution is 0.0948. The van der Waals surface area contributed by atoms with Crippen LogP contribution in [-0.2, 0) is 14.8 Å². The van der Waals surface area contributed by atoms with Crippen molar-refractivity contribution in [3.8, 4) is 0 Å². The van der Waals surface area contributed by atoms with Crippen molar-refractivity contribution in [1.29, 1.82) is 0 Å². The first kappa shape index (κ1) is 17.6. The molecule has 0 aliphatic heterocycles. The van der Waals surface area contributed by atoms with E-state index in [1.807, 2.05) is 6.92 Å². The zero-order chi connectivity index (χ0) is 15.7. The summed E-state index contributed by atoms with van der Waals surface area (Å²) in [5, 5.41) is 2.72. The van der Waals surface area contributed by atoms with Crippen molar-refractivity contribution in [2.24, 2.45) is 0 Å². The second kappa shape index (κ2) is 8.76. The summed E-state index contributed by atoms with van der Waals surface area (Å²) in [6, 6.07) is 6.00. The smallest absolute Gasteiger partial charge is 0.251 e. The van der Waals surface area contributed by atoms with Crippen LogP contribution in [0.3, 0.4) is 0 Å². The maximum Gasteiger partial charge on any atom is 0.251 e. The second-order valence-electron chi connectivity index (χ2n) is 4.53. The highest BCUT2D eigenvalue weighted by Crippen LogP contribution is 2.11. The van der Waals surface area contributed by atoms with Gasteiger partial charge in [0.1, 0.15) is 0 Å². The summed E-state index contributed by atoms with van der Waals surface area (Å²) in [5.41, 5.74) is 0.326. The second-order valence-corrected chi connectivity index (χ2v) is 6.29. The van der Waals surface area contributed by atoms with Crippen LogP contribution in [0.2, 0.25) is 0 Å². The van der Waals surface area contributed by atoms with Gasteiger partial charge in [0.15, 0.2) is 0 Å². The molecule has 0 saturated heterocycles. The van der Waals surface area contributed by atoms with E-state index >= 15 is 0 Å². The fraction of sp³-hybridized carbons (Fsp3) is 0.500. The number of benzene rings is 1. The van der Waals surface area contributed by atoms with Gasteiger partial charge in [0, 0.05) is 32.4 Å². The van der Waals surface area contributed by atoms with Crippen LogP contribution in [-0.4, -0.2) is 41.1 Å². The topological polar surface area (TPSA) is 84.5 Å². The van der Waals surface area contributed by atoms with Crippen LogP contribution in [0.4, 0.5) is 0 Å². The number of amides is 1. The highest BCUT2D eigenvalue weighted by Gasteiger charge is 2.15. The van der Waals surface area contributed by atoms with Crippen molar-refractivity contribution in [2.75, 3.05) is 26.8 Å². The lowest BCUT2D eigenvalue weighted by atomic mass is 10.2. The number of carbonyl (C=O) groups excluding carboxylic acids is 1. The molecule has 21 heavy (non-hydrogen) atoms. The first-order valence-corrected chi connectivity index (χ1v) is 8.36. The number of rotatable bonds is 9. The largest absolute Gasteiger partial charge is 0.385 e. The first-order chi connectivity index (χ1) is 10.0. The average molecular weight is 314 g/mol. The van der Waals surface area contributed by atoms with E-state index in [1.54, 1.807) is 19.2 Å². The Morgan fingerprint density at radius 2 is 2.05 bits per heavy atom. The highest BCUT2D eigenvalue weighted by atomic mass is 32.2. The molecule has 7 heteroatoms. The van der Waals surface area contributed by atoms with Crippen molar-refractivity contribution < 1.29 is 17.9 Å². The highest BCUT2D eigenvalue weighted by molar-refractivity contribution is 7.89. The number of hydrogen-bond acceptors (Lipinski definition) is 4. The Bertz CT molecular complexity index is 558. The van der Waals surface area contributed by atoms with Gasteiger partial charge in [0.25, 0.3) is 5.91 Å². The summed E-state index contributed by atoms with van der Waals surface area (Å²) in [7, 11) is -1.96. The van der Waals surface area contributed by atoms with E-state index in [0.29, 0.717) is 38.1 Å². The van der Waals surface area contributed by atoms with E-state index in [0.717, 1.165) is 0 Å². The maximum absolute atomic E-state index is 12.0. The van der Waals surface area contributed by atoms with Crippen molar-refractivity contribution in [1.82, 2.24) is 10.0 Å². The molecule has 0 bridgehead atoms. The van der Waals surface area contributed by atoms with Gasteiger partial charge in [0.05, 0.1) is 4.90 Å². The van der Waals surface area contributed by atoms with Gasteiger partial charge in [-0.25, -0.2) is 13.1 Å². The lowest BCUT2D eigenvalue weighted by Gasteiger charge is -2.08. The van der Waals surface area contributed by atoms with Crippen molar-refractivity contribution in [3.63, 3.8) is 0 Å². The summed E-state index contributed by atoms with van der Waals surface area (Å²) in [5.74, 6) is -0.293. The van der Waals surface area contributed by atoms with Gasteiger partial charge >= 0.3 is 0 Å². The predicted octanol–water partition coefficient (Wildman–Crippen LogP) is 1.14. The Kier molecular flexibility index (Phi) is 7.35. The van der Waals surface area contributed by atoms with Crippen LogP contribution in [0, 0.1) is 0 Å². The summed E-state index contributed by atoms with van der Waals surface area (Å²) in [4.78, 5) is 12.0. The lowest BCUT2D eigenvalue weighted by Crippen LogP contribution is -2.27. The van der Waals surface area contributed by atoms with Crippen molar-refractivity contribution in [2.45, 2.75) is 24.7 Å². The van der Waals surface area contributed by atoms with Gasteiger partial charge in [-0.15, -0.1) is 0 Å². The quantitative estimate of drug-likeness (QED) is 0.670. The third-order valence-electron chi connectivity index (χ3n) is 2.76. The number of methoxy groups -OCH3 is 1. The molecule has 6 nitrogen and oxygen atoms in total. The third-order valence-corrected chi connectivity index (χ3v) is 4.22. The fourth-order valence-electron chi connectivity index (χ4n) is 1.64. The Morgan fingerprint density at radius 3 is 2.71 bits per heavy atom. The van der Waals surface area contributed by atoms with Gasteiger partial charge in [-0.2, -0.15) is 0 Å². The van der Waals surface area contributed by atoms with Gasteiger partial charge in [0.2, 0.25) is 10.0 Å². The molecule has 0 atom stereocenters. The molecule has 1 amide bonds. The monoisotopic (exact) mass is 314 g/mol. The molecule has 118 valence electrons. The molecule has 2 N–H and O–H groups in total. The Morgan fingerprint density at radius 1 is 1.29 bits per heavy atom. The minimum Gasteiger partial charge on any atom is -0.385 e. The predicted molar refractivity (Wildman–Crippen MR) is 80.7 cm³/mol. The number of hydrogen-bond donors (Lipinski definition) is 2. The Labute approximate surface area is 125 Å². The van der Waals surface area contributed by atoms with E-state index in [4.69, 9.17) is 4.74 Å². The molecule has 1 rings (SSSR count). The van der Waals surface area contributed by atoms with Crippen LogP contribution in [0.5, 0.6) is 0 Å². The fourth-order valence-corrected chi connectivity index (χ4v) is 2.82. The molecule has 0 saturated carbocycles. The molecule has 0 aromatic heterocycles. The Balaban J connectivity index is 2.74. The standard InChI is InChI=1S/C14H22N2O4S/c1-3-8-16-21(18,19)13-7-4-6-12(11-13)14(17)15-9-5-10-20-2/h4,6-7,11,16H,3,5,8-10H2,1-2H3,(H,15,17). The van der Waals surface area contributed by atoms with Crippen LogP contribution in [0.1, 0.15) is 30.1 Å². The molecule has 1 aromatic rings.